The maximum Gasteiger partial charge on any atom is 0.220 e. The zero-order valence-electron chi connectivity index (χ0n) is 15.5. The number of guanidine groups is 1. The molecule has 0 unspecified atom stereocenters. The van der Waals surface area contributed by atoms with E-state index >= 15 is 0 Å². The number of hydrogen-bond donors (Lipinski definition) is 2. The van der Waals surface area contributed by atoms with E-state index in [9.17, 15) is 9.18 Å². The molecule has 1 heterocycles. The fourth-order valence-corrected chi connectivity index (χ4v) is 3.58. The average molecular weight is 427 g/mol. The summed E-state index contributed by atoms with van der Waals surface area (Å²) in [7, 11) is 3.47. The minimum absolute atomic E-state index is 0.117. The van der Waals surface area contributed by atoms with Crippen LogP contribution in [0.2, 0.25) is 0 Å². The first-order chi connectivity index (χ1) is 12.5. The summed E-state index contributed by atoms with van der Waals surface area (Å²) in [5, 5.41) is 6.07. The van der Waals surface area contributed by atoms with Gasteiger partial charge in [-0.3, -0.25) is 9.79 Å². The van der Waals surface area contributed by atoms with Crippen LogP contribution in [-0.2, 0) is 11.2 Å². The van der Waals surface area contributed by atoms with Gasteiger partial charge in [-0.05, 0) is 49.3 Å². The van der Waals surface area contributed by atoms with Crippen LogP contribution < -0.4 is 10.6 Å². The predicted octanol–water partition coefficient (Wildman–Crippen LogP) is 2.94. The number of piperidine rings is 1. The van der Waals surface area contributed by atoms with Gasteiger partial charge in [0.2, 0.25) is 5.91 Å². The van der Waals surface area contributed by atoms with Crippen LogP contribution in [0, 0.1) is 11.7 Å². The molecule has 0 radical (unpaired) electrons. The number of halogens is 2. The maximum absolute atomic E-state index is 13.8. The highest BCUT2D eigenvalue weighted by atomic mass is 79.9. The van der Waals surface area contributed by atoms with E-state index in [0.29, 0.717) is 18.8 Å². The lowest BCUT2D eigenvalue weighted by Gasteiger charge is -2.34. The summed E-state index contributed by atoms with van der Waals surface area (Å²) in [6.45, 7) is 2.56. The SMILES string of the molecule is CN=C(NCCCc1ccc(Br)cc1F)N1CCC(CC(=O)NC)CC1. The van der Waals surface area contributed by atoms with Gasteiger partial charge in [0, 0.05) is 44.6 Å². The summed E-state index contributed by atoms with van der Waals surface area (Å²) in [6.07, 6.45) is 4.13. The highest BCUT2D eigenvalue weighted by Gasteiger charge is 2.22. The molecule has 0 bridgehead atoms. The van der Waals surface area contributed by atoms with Gasteiger partial charge in [0.05, 0.1) is 0 Å². The van der Waals surface area contributed by atoms with Gasteiger partial charge >= 0.3 is 0 Å². The second kappa shape index (κ2) is 10.5. The molecule has 2 N–H and O–H groups in total. The molecule has 0 atom stereocenters. The molecule has 0 saturated carbocycles. The molecule has 1 saturated heterocycles. The molecule has 7 heteroatoms. The van der Waals surface area contributed by atoms with Crippen molar-refractivity contribution in [3.63, 3.8) is 0 Å². The predicted molar refractivity (Wildman–Crippen MR) is 107 cm³/mol. The smallest absolute Gasteiger partial charge is 0.220 e. The van der Waals surface area contributed by atoms with Crippen LogP contribution in [0.4, 0.5) is 4.39 Å². The quantitative estimate of drug-likeness (QED) is 0.417. The fraction of sp³-hybridized carbons (Fsp3) is 0.579. The molecular formula is C19H28BrFN4O. The number of aryl methyl sites for hydroxylation is 1. The van der Waals surface area contributed by atoms with Crippen LogP contribution in [0.5, 0.6) is 0 Å². The topological polar surface area (TPSA) is 56.7 Å². The van der Waals surface area contributed by atoms with Gasteiger partial charge in [-0.25, -0.2) is 4.39 Å². The highest BCUT2D eigenvalue weighted by molar-refractivity contribution is 9.10. The van der Waals surface area contributed by atoms with Crippen molar-refractivity contribution in [2.45, 2.75) is 32.1 Å². The van der Waals surface area contributed by atoms with Crippen molar-refractivity contribution >= 4 is 27.8 Å². The van der Waals surface area contributed by atoms with Crippen LogP contribution in [-0.4, -0.2) is 50.5 Å². The van der Waals surface area contributed by atoms with Gasteiger partial charge < -0.3 is 15.5 Å². The molecular weight excluding hydrogens is 399 g/mol. The molecule has 1 aromatic carbocycles. The van der Waals surface area contributed by atoms with E-state index in [1.54, 1.807) is 14.1 Å². The van der Waals surface area contributed by atoms with Crippen LogP contribution in [0.1, 0.15) is 31.2 Å². The number of nitrogens with one attached hydrogen (secondary N) is 2. The number of carbonyl (C=O) groups excluding carboxylic acids is 1. The zero-order valence-corrected chi connectivity index (χ0v) is 17.1. The van der Waals surface area contributed by atoms with E-state index in [0.717, 1.165) is 54.9 Å². The Hall–Kier alpha value is -1.63. The Kier molecular flexibility index (Phi) is 8.35. The Morgan fingerprint density at radius 3 is 2.73 bits per heavy atom. The summed E-state index contributed by atoms with van der Waals surface area (Å²) in [5.41, 5.74) is 0.736. The van der Waals surface area contributed by atoms with Crippen molar-refractivity contribution in [1.29, 1.82) is 0 Å². The highest BCUT2D eigenvalue weighted by Crippen LogP contribution is 2.20. The summed E-state index contributed by atoms with van der Waals surface area (Å²) in [6, 6.07) is 5.20. The van der Waals surface area contributed by atoms with Crippen molar-refractivity contribution < 1.29 is 9.18 Å². The Morgan fingerprint density at radius 2 is 2.12 bits per heavy atom. The maximum atomic E-state index is 13.8. The average Bonchev–Trinajstić information content (AvgIpc) is 2.64. The molecule has 1 aliphatic rings. The Morgan fingerprint density at radius 1 is 1.38 bits per heavy atom. The normalized spacial score (nSPS) is 15.8. The number of amides is 1. The molecule has 1 aliphatic heterocycles. The Balaban J connectivity index is 1.72. The summed E-state index contributed by atoms with van der Waals surface area (Å²) < 4.78 is 14.6. The van der Waals surface area contributed by atoms with Crippen molar-refractivity contribution in [3.8, 4) is 0 Å². The number of rotatable bonds is 6. The molecule has 1 aromatic rings. The minimum atomic E-state index is -0.165. The van der Waals surface area contributed by atoms with Crippen molar-refractivity contribution in [1.82, 2.24) is 15.5 Å². The van der Waals surface area contributed by atoms with Crippen LogP contribution in [0.25, 0.3) is 0 Å². The molecule has 1 fully saturated rings. The summed E-state index contributed by atoms with van der Waals surface area (Å²) in [5.74, 6) is 1.29. The Labute approximate surface area is 163 Å². The third kappa shape index (κ3) is 6.27. The monoisotopic (exact) mass is 426 g/mol. The van der Waals surface area contributed by atoms with Gasteiger partial charge in [0.15, 0.2) is 5.96 Å². The number of nitrogens with zero attached hydrogens (tertiary/aromatic N) is 2. The van der Waals surface area contributed by atoms with Crippen LogP contribution >= 0.6 is 15.9 Å². The van der Waals surface area contributed by atoms with E-state index in [-0.39, 0.29) is 11.7 Å². The first-order valence-electron chi connectivity index (χ1n) is 9.13. The third-order valence-electron chi connectivity index (χ3n) is 4.80. The lowest BCUT2D eigenvalue weighted by atomic mass is 9.93. The molecule has 26 heavy (non-hydrogen) atoms. The van der Waals surface area contributed by atoms with E-state index < -0.39 is 0 Å². The number of benzene rings is 1. The first-order valence-corrected chi connectivity index (χ1v) is 9.93. The van der Waals surface area contributed by atoms with Crippen molar-refractivity contribution in [2.75, 3.05) is 33.7 Å². The van der Waals surface area contributed by atoms with Gasteiger partial charge in [0.25, 0.3) is 0 Å². The van der Waals surface area contributed by atoms with Crippen molar-refractivity contribution in [3.05, 3.63) is 34.1 Å². The lowest BCUT2D eigenvalue weighted by molar-refractivity contribution is -0.121. The summed E-state index contributed by atoms with van der Waals surface area (Å²) >= 11 is 3.28. The lowest BCUT2D eigenvalue weighted by Crippen LogP contribution is -2.46. The van der Waals surface area contributed by atoms with Gasteiger partial charge in [0.1, 0.15) is 5.82 Å². The third-order valence-corrected chi connectivity index (χ3v) is 5.29. The number of aliphatic imine (C=N–C) groups is 1. The second-order valence-corrected chi connectivity index (χ2v) is 7.54. The zero-order chi connectivity index (χ0) is 18.9. The van der Waals surface area contributed by atoms with E-state index in [2.05, 4.69) is 36.5 Å². The van der Waals surface area contributed by atoms with E-state index in [1.165, 1.54) is 6.07 Å². The van der Waals surface area contributed by atoms with Crippen LogP contribution in [0.15, 0.2) is 27.7 Å². The molecule has 1 amide bonds. The standard InChI is InChI=1S/C19H28BrFN4O/c1-22-18(26)12-14-7-10-25(11-8-14)19(23-2)24-9-3-4-15-5-6-16(20)13-17(15)21/h5-6,13-14H,3-4,7-12H2,1-2H3,(H,22,26)(H,23,24). The summed E-state index contributed by atoms with van der Waals surface area (Å²) in [4.78, 5) is 18.1. The van der Waals surface area contributed by atoms with Gasteiger partial charge in [-0.15, -0.1) is 0 Å². The largest absolute Gasteiger partial charge is 0.359 e. The van der Waals surface area contributed by atoms with Crippen LogP contribution in [0.3, 0.4) is 0 Å². The number of hydrogen-bond acceptors (Lipinski definition) is 2. The number of carbonyl (C=O) groups is 1. The first kappa shape index (κ1) is 20.7. The van der Waals surface area contributed by atoms with Gasteiger partial charge in [-0.1, -0.05) is 22.0 Å². The van der Waals surface area contributed by atoms with E-state index in [1.807, 2.05) is 12.1 Å². The van der Waals surface area contributed by atoms with Gasteiger partial charge in [-0.2, -0.15) is 0 Å². The molecule has 0 aromatic heterocycles. The number of likely N-dealkylation sites (tertiary alicyclic amines) is 1. The molecule has 5 nitrogen and oxygen atoms in total. The molecule has 0 aliphatic carbocycles. The second-order valence-electron chi connectivity index (χ2n) is 6.62. The molecule has 0 spiro atoms. The molecule has 144 valence electrons. The molecule has 2 rings (SSSR count). The van der Waals surface area contributed by atoms with E-state index in [4.69, 9.17) is 0 Å². The minimum Gasteiger partial charge on any atom is -0.359 e. The fourth-order valence-electron chi connectivity index (χ4n) is 3.25. The Bertz CT molecular complexity index is 630. The van der Waals surface area contributed by atoms with Crippen molar-refractivity contribution in [2.24, 2.45) is 10.9 Å².